The number of nitrogens with one attached hydrogen (secondary N) is 1. The fourth-order valence-corrected chi connectivity index (χ4v) is 4.00. The lowest BCUT2D eigenvalue weighted by molar-refractivity contribution is -0.384. The van der Waals surface area contributed by atoms with Gasteiger partial charge in [0.25, 0.3) is 5.69 Å². The number of anilines is 1. The molecule has 9 heteroatoms. The molecule has 178 valence electrons. The van der Waals surface area contributed by atoms with Crippen LogP contribution in [0.15, 0.2) is 24.3 Å². The first-order chi connectivity index (χ1) is 15.9. The Hall–Kier alpha value is -3.23. The lowest BCUT2D eigenvalue weighted by atomic mass is 10.00. The van der Waals surface area contributed by atoms with Gasteiger partial charge in [-0.2, -0.15) is 0 Å². The molecule has 1 aliphatic rings. The zero-order chi connectivity index (χ0) is 24.0. The minimum Gasteiger partial charge on any atom is -0.353 e. The molecule has 3 rings (SSSR count). The van der Waals surface area contributed by atoms with Gasteiger partial charge in [-0.25, -0.2) is 14.8 Å². The lowest BCUT2D eigenvalue weighted by Gasteiger charge is -2.36. The number of aromatic nitrogens is 2. The van der Waals surface area contributed by atoms with Crippen LogP contribution < -0.4 is 10.2 Å². The van der Waals surface area contributed by atoms with Crippen LogP contribution in [0.5, 0.6) is 0 Å². The minimum atomic E-state index is -0.384. The second-order valence-corrected chi connectivity index (χ2v) is 8.40. The number of urea groups is 1. The molecule has 9 nitrogen and oxygen atoms in total. The summed E-state index contributed by atoms with van der Waals surface area (Å²) in [6.45, 7) is 11.6. The Labute approximate surface area is 195 Å². The molecule has 2 heterocycles. The normalized spacial score (nSPS) is 14.8. The number of piperazine rings is 1. The number of benzene rings is 1. The molecule has 2 amide bonds. The van der Waals surface area contributed by atoms with Crippen molar-refractivity contribution < 1.29 is 9.72 Å². The largest absolute Gasteiger partial charge is 0.353 e. The molecule has 0 radical (unpaired) electrons. The second kappa shape index (κ2) is 11.1. The van der Waals surface area contributed by atoms with Gasteiger partial charge in [0.05, 0.1) is 4.92 Å². The minimum absolute atomic E-state index is 0.0273. The Bertz CT molecular complexity index is 971. The lowest BCUT2D eigenvalue weighted by Crippen LogP contribution is -2.52. The molecule has 1 fully saturated rings. The van der Waals surface area contributed by atoms with Gasteiger partial charge in [0, 0.05) is 68.5 Å². The summed E-state index contributed by atoms with van der Waals surface area (Å²) in [6, 6.07) is 6.66. The summed E-state index contributed by atoms with van der Waals surface area (Å²) in [5, 5.41) is 13.9. The summed E-state index contributed by atoms with van der Waals surface area (Å²) in [5.41, 5.74) is 3.14. The van der Waals surface area contributed by atoms with Crippen molar-refractivity contribution in [3.63, 3.8) is 0 Å². The van der Waals surface area contributed by atoms with Gasteiger partial charge in [-0.1, -0.05) is 32.9 Å². The summed E-state index contributed by atoms with van der Waals surface area (Å²) in [4.78, 5) is 36.9. The molecular weight excluding hydrogens is 420 g/mol. The van der Waals surface area contributed by atoms with E-state index in [1.165, 1.54) is 0 Å². The Kier molecular flexibility index (Phi) is 8.19. The summed E-state index contributed by atoms with van der Waals surface area (Å²) < 4.78 is 0. The highest BCUT2D eigenvalue weighted by Gasteiger charge is 2.26. The zero-order valence-corrected chi connectivity index (χ0v) is 20.0. The maximum Gasteiger partial charge on any atom is 0.317 e. The molecule has 0 bridgehead atoms. The fraction of sp³-hybridized carbons (Fsp3) is 0.542. The van der Waals surface area contributed by atoms with Gasteiger partial charge in [0.2, 0.25) is 0 Å². The van der Waals surface area contributed by atoms with Gasteiger partial charge in [0.1, 0.15) is 11.6 Å². The highest BCUT2D eigenvalue weighted by atomic mass is 16.6. The van der Waals surface area contributed by atoms with E-state index in [1.807, 2.05) is 11.8 Å². The van der Waals surface area contributed by atoms with E-state index >= 15 is 0 Å². The number of non-ortho nitro benzene ring substituents is 1. The number of nitrogens with zero attached hydrogens (tertiary/aromatic N) is 5. The van der Waals surface area contributed by atoms with Crippen molar-refractivity contribution in [2.24, 2.45) is 0 Å². The van der Waals surface area contributed by atoms with Crippen LogP contribution >= 0.6 is 0 Å². The molecule has 0 unspecified atom stereocenters. The first kappa shape index (κ1) is 24.4. The molecular formula is C24H34N6O3. The van der Waals surface area contributed by atoms with E-state index in [2.05, 4.69) is 31.0 Å². The van der Waals surface area contributed by atoms with Crippen LogP contribution in [0.2, 0.25) is 0 Å². The molecule has 1 aliphatic heterocycles. The molecule has 0 aliphatic carbocycles. The van der Waals surface area contributed by atoms with Crippen molar-refractivity contribution in [1.82, 2.24) is 20.2 Å². The second-order valence-electron chi connectivity index (χ2n) is 8.40. The number of nitro groups is 1. The van der Waals surface area contributed by atoms with E-state index in [0.29, 0.717) is 39.1 Å². The van der Waals surface area contributed by atoms with Gasteiger partial charge < -0.3 is 15.1 Å². The molecule has 33 heavy (non-hydrogen) atoms. The van der Waals surface area contributed by atoms with E-state index in [0.717, 1.165) is 41.3 Å². The highest BCUT2D eigenvalue weighted by molar-refractivity contribution is 5.74. The summed E-state index contributed by atoms with van der Waals surface area (Å²) in [7, 11) is 0. The molecule has 1 saturated heterocycles. The van der Waals surface area contributed by atoms with E-state index in [4.69, 9.17) is 9.97 Å². The number of rotatable bonds is 8. The van der Waals surface area contributed by atoms with Crippen LogP contribution in [0, 0.1) is 10.1 Å². The molecule has 2 aromatic rings. The Balaban J connectivity index is 1.94. The molecule has 0 spiro atoms. The van der Waals surface area contributed by atoms with Crippen molar-refractivity contribution in [3.8, 4) is 0 Å². The smallest absolute Gasteiger partial charge is 0.317 e. The van der Waals surface area contributed by atoms with Gasteiger partial charge >= 0.3 is 6.03 Å². The van der Waals surface area contributed by atoms with Gasteiger partial charge in [-0.05, 0) is 25.3 Å². The van der Waals surface area contributed by atoms with Gasteiger partial charge in [-0.15, -0.1) is 0 Å². The number of carbonyl (C=O) groups excluding carboxylic acids is 1. The van der Waals surface area contributed by atoms with E-state index in [9.17, 15) is 14.9 Å². The molecule has 1 atom stereocenters. The number of hydrogen-bond acceptors (Lipinski definition) is 6. The maximum atomic E-state index is 12.2. The topological polar surface area (TPSA) is 104 Å². The third-order valence-corrected chi connectivity index (χ3v) is 6.20. The zero-order valence-electron chi connectivity index (χ0n) is 20.0. The van der Waals surface area contributed by atoms with Crippen molar-refractivity contribution >= 4 is 17.5 Å². The van der Waals surface area contributed by atoms with E-state index < -0.39 is 0 Å². The first-order valence-corrected chi connectivity index (χ1v) is 11.8. The van der Waals surface area contributed by atoms with Crippen LogP contribution in [0.3, 0.4) is 0 Å². The van der Waals surface area contributed by atoms with Crippen molar-refractivity contribution in [2.45, 2.75) is 52.9 Å². The standard InChI is InChI=1S/C24H34N6O3/c1-5-17(4)22-26-21(6-2)20(16-18-8-10-19(11-9-18)30(32)33)23(27-22)28-12-14-29(15-13-28)24(31)25-7-3/h8-11,17H,5-7,12-16H2,1-4H3,(H,25,31)/t17-/m1/s1. The van der Waals surface area contributed by atoms with Gasteiger partial charge in [-0.3, -0.25) is 10.1 Å². The number of carbonyl (C=O) groups is 1. The third-order valence-electron chi connectivity index (χ3n) is 6.20. The molecule has 1 aromatic carbocycles. The first-order valence-electron chi connectivity index (χ1n) is 11.8. The van der Waals surface area contributed by atoms with Crippen molar-refractivity contribution in [2.75, 3.05) is 37.6 Å². The van der Waals surface area contributed by atoms with E-state index in [-0.39, 0.29) is 22.6 Å². The summed E-state index contributed by atoms with van der Waals surface area (Å²) in [6.07, 6.45) is 2.34. The maximum absolute atomic E-state index is 12.2. The number of nitro benzene ring substituents is 1. The average Bonchev–Trinajstić information content (AvgIpc) is 2.84. The fourth-order valence-electron chi connectivity index (χ4n) is 4.00. The monoisotopic (exact) mass is 454 g/mol. The van der Waals surface area contributed by atoms with Crippen LogP contribution in [0.4, 0.5) is 16.3 Å². The molecule has 0 saturated carbocycles. The van der Waals surface area contributed by atoms with Gasteiger partial charge in [0.15, 0.2) is 0 Å². The van der Waals surface area contributed by atoms with Crippen LogP contribution in [0.25, 0.3) is 0 Å². The number of amides is 2. The van der Waals surface area contributed by atoms with Crippen molar-refractivity contribution in [1.29, 1.82) is 0 Å². The average molecular weight is 455 g/mol. The predicted octanol–water partition coefficient (Wildman–Crippen LogP) is 3.90. The Morgan fingerprint density at radius 3 is 2.33 bits per heavy atom. The number of aryl methyl sites for hydroxylation is 1. The van der Waals surface area contributed by atoms with Crippen LogP contribution in [-0.4, -0.2) is 58.5 Å². The van der Waals surface area contributed by atoms with Crippen LogP contribution in [-0.2, 0) is 12.8 Å². The summed E-state index contributed by atoms with van der Waals surface area (Å²) in [5.74, 6) is 2.02. The number of hydrogen-bond donors (Lipinski definition) is 1. The SMILES string of the molecule is CCNC(=O)N1CCN(c2nc([C@H](C)CC)nc(CC)c2Cc2ccc([N+](=O)[O-])cc2)CC1. The Morgan fingerprint density at radius 1 is 1.12 bits per heavy atom. The van der Waals surface area contributed by atoms with E-state index in [1.54, 1.807) is 24.3 Å². The highest BCUT2D eigenvalue weighted by Crippen LogP contribution is 2.29. The third kappa shape index (κ3) is 5.77. The Morgan fingerprint density at radius 2 is 1.79 bits per heavy atom. The summed E-state index contributed by atoms with van der Waals surface area (Å²) >= 11 is 0. The molecule has 1 N–H and O–H groups in total. The van der Waals surface area contributed by atoms with Crippen LogP contribution in [0.1, 0.15) is 62.7 Å². The quantitative estimate of drug-likeness (QED) is 0.479. The molecule has 1 aromatic heterocycles. The predicted molar refractivity (Wildman–Crippen MR) is 129 cm³/mol. The van der Waals surface area contributed by atoms with Crippen molar-refractivity contribution in [3.05, 3.63) is 57.0 Å².